The Kier molecular flexibility index (Phi) is 9.53. The molecular weight excluding hydrogens is 607 g/mol. The van der Waals surface area contributed by atoms with Crippen molar-refractivity contribution in [3.63, 3.8) is 0 Å². The minimum atomic E-state index is -4.47. The number of halogens is 4. The molecule has 0 unspecified atom stereocenters. The average molecular weight is 631 g/mol. The molecule has 0 radical (unpaired) electrons. The molecule has 200 valence electrons. The highest BCUT2D eigenvalue weighted by Gasteiger charge is 2.33. The van der Waals surface area contributed by atoms with Gasteiger partial charge < -0.3 is 4.74 Å². The summed E-state index contributed by atoms with van der Waals surface area (Å²) in [5.41, 5.74) is 1.45. The summed E-state index contributed by atoms with van der Waals surface area (Å²) in [4.78, 5) is 12.4. The standard InChI is InChI=1S/C23H17F3N2OS.C6H6BrNS/c1-14-13-28-22-18(7-4-8-19(22)23(24,25)26)21(14)15-5-3-6-16(11-15)29-17-9-10-27-20(12-17)30-2;1-9-6-4-5(7)2-3-8-6/h3-13H,1-2H3;2-4H,1H3. The van der Waals surface area contributed by atoms with Crippen LogP contribution in [-0.2, 0) is 6.18 Å². The lowest BCUT2D eigenvalue weighted by Crippen LogP contribution is -2.07. The van der Waals surface area contributed by atoms with Gasteiger partial charge in [0.2, 0.25) is 0 Å². The van der Waals surface area contributed by atoms with Gasteiger partial charge in [-0.05, 0) is 72.5 Å². The number of aromatic nitrogens is 3. The number of ether oxygens (including phenoxy) is 1. The maximum Gasteiger partial charge on any atom is 0.418 e. The molecule has 3 heterocycles. The van der Waals surface area contributed by atoms with Crippen molar-refractivity contribution in [1.82, 2.24) is 15.0 Å². The topological polar surface area (TPSA) is 47.9 Å². The highest BCUT2D eigenvalue weighted by Crippen LogP contribution is 2.39. The Labute approximate surface area is 241 Å². The van der Waals surface area contributed by atoms with E-state index in [0.29, 0.717) is 22.4 Å². The number of para-hydroxylation sites is 1. The fraction of sp³-hybridized carbons (Fsp3) is 0.138. The molecule has 0 amide bonds. The second-order valence-electron chi connectivity index (χ2n) is 8.20. The zero-order valence-corrected chi connectivity index (χ0v) is 24.4. The van der Waals surface area contributed by atoms with Crippen LogP contribution in [0.4, 0.5) is 13.2 Å². The number of pyridine rings is 3. The van der Waals surface area contributed by atoms with Gasteiger partial charge >= 0.3 is 6.18 Å². The monoisotopic (exact) mass is 629 g/mol. The summed E-state index contributed by atoms with van der Waals surface area (Å²) in [7, 11) is 0. The first kappa shape index (κ1) is 28.9. The Hall–Kier alpha value is -3.08. The Morgan fingerprint density at radius 1 is 0.795 bits per heavy atom. The fourth-order valence-corrected chi connectivity index (χ4v) is 5.15. The van der Waals surface area contributed by atoms with Gasteiger partial charge in [0.15, 0.2) is 0 Å². The number of nitrogens with zero attached hydrogens (tertiary/aromatic N) is 3. The molecule has 0 saturated carbocycles. The second-order valence-corrected chi connectivity index (χ2v) is 10.8. The molecule has 5 aromatic rings. The molecule has 0 N–H and O–H groups in total. The summed E-state index contributed by atoms with van der Waals surface area (Å²) in [6.45, 7) is 1.84. The average Bonchev–Trinajstić information content (AvgIpc) is 2.92. The Morgan fingerprint density at radius 3 is 2.13 bits per heavy atom. The van der Waals surface area contributed by atoms with Crippen LogP contribution in [0.25, 0.3) is 22.0 Å². The highest BCUT2D eigenvalue weighted by molar-refractivity contribution is 9.10. The number of fused-ring (bicyclic) bond motifs is 1. The third-order valence-electron chi connectivity index (χ3n) is 5.57. The predicted molar refractivity (Wildman–Crippen MR) is 157 cm³/mol. The SMILES string of the molecule is CSc1cc(Br)ccn1.CSc1cc(Oc2cccc(-c3c(C)cnc4c(C(F)(F)F)cccc34)c2)ccn1. The van der Waals surface area contributed by atoms with Crippen LogP contribution in [0.1, 0.15) is 11.1 Å². The van der Waals surface area contributed by atoms with Crippen molar-refractivity contribution < 1.29 is 17.9 Å². The minimum absolute atomic E-state index is 0.0596. The van der Waals surface area contributed by atoms with Gasteiger partial charge in [-0.2, -0.15) is 13.2 Å². The molecule has 4 nitrogen and oxygen atoms in total. The van der Waals surface area contributed by atoms with Gasteiger partial charge in [-0.15, -0.1) is 23.5 Å². The molecule has 0 aliphatic rings. The van der Waals surface area contributed by atoms with Crippen molar-refractivity contribution in [3.05, 3.63) is 101 Å². The predicted octanol–water partition coefficient (Wildman–Crippen LogP) is 9.70. The van der Waals surface area contributed by atoms with Crippen LogP contribution in [0.5, 0.6) is 11.5 Å². The quantitative estimate of drug-likeness (QED) is 0.180. The van der Waals surface area contributed by atoms with Gasteiger partial charge in [-0.25, -0.2) is 9.97 Å². The molecule has 3 aromatic heterocycles. The van der Waals surface area contributed by atoms with Gasteiger partial charge in [0.1, 0.15) is 11.5 Å². The van der Waals surface area contributed by atoms with Crippen molar-refractivity contribution in [2.24, 2.45) is 0 Å². The molecule has 0 atom stereocenters. The molecule has 0 aliphatic heterocycles. The summed E-state index contributed by atoms with van der Waals surface area (Å²) in [5, 5.41) is 2.33. The van der Waals surface area contributed by atoms with Crippen molar-refractivity contribution in [1.29, 1.82) is 0 Å². The lowest BCUT2D eigenvalue weighted by molar-refractivity contribution is -0.136. The van der Waals surface area contributed by atoms with E-state index in [1.165, 1.54) is 24.0 Å². The normalized spacial score (nSPS) is 11.2. The third-order valence-corrected chi connectivity index (χ3v) is 7.35. The molecule has 2 aromatic carbocycles. The smallest absolute Gasteiger partial charge is 0.418 e. The largest absolute Gasteiger partial charge is 0.457 e. The summed E-state index contributed by atoms with van der Waals surface area (Å²) in [6, 6.07) is 18.9. The van der Waals surface area contributed by atoms with Gasteiger partial charge in [-0.3, -0.25) is 4.98 Å². The van der Waals surface area contributed by atoms with Crippen molar-refractivity contribution in [2.45, 2.75) is 23.2 Å². The maximum absolute atomic E-state index is 13.5. The number of aryl methyl sites for hydroxylation is 1. The highest BCUT2D eigenvalue weighted by atomic mass is 79.9. The minimum Gasteiger partial charge on any atom is -0.457 e. The molecule has 39 heavy (non-hydrogen) atoms. The van der Waals surface area contributed by atoms with Gasteiger partial charge in [0.25, 0.3) is 0 Å². The van der Waals surface area contributed by atoms with Crippen molar-refractivity contribution in [3.8, 4) is 22.6 Å². The number of thioether (sulfide) groups is 2. The first-order valence-electron chi connectivity index (χ1n) is 11.6. The zero-order valence-electron chi connectivity index (χ0n) is 21.2. The van der Waals surface area contributed by atoms with E-state index >= 15 is 0 Å². The van der Waals surface area contributed by atoms with E-state index in [1.807, 2.05) is 61.9 Å². The number of benzene rings is 2. The van der Waals surface area contributed by atoms with Crippen molar-refractivity contribution >= 4 is 50.4 Å². The first-order valence-corrected chi connectivity index (χ1v) is 14.8. The number of hydrogen-bond donors (Lipinski definition) is 0. The fourth-order valence-electron chi connectivity index (χ4n) is 3.85. The lowest BCUT2D eigenvalue weighted by Gasteiger charge is -2.15. The van der Waals surface area contributed by atoms with Gasteiger partial charge in [0.05, 0.1) is 21.1 Å². The van der Waals surface area contributed by atoms with Crippen LogP contribution in [-0.4, -0.2) is 27.5 Å². The van der Waals surface area contributed by atoms with Crippen molar-refractivity contribution in [2.75, 3.05) is 12.5 Å². The second kappa shape index (κ2) is 12.8. The van der Waals surface area contributed by atoms with E-state index in [4.69, 9.17) is 4.74 Å². The molecule has 0 spiro atoms. The van der Waals surface area contributed by atoms with Crippen LogP contribution in [0.3, 0.4) is 0 Å². The van der Waals surface area contributed by atoms with E-state index in [2.05, 4.69) is 30.9 Å². The molecule has 0 saturated heterocycles. The molecule has 0 bridgehead atoms. The number of alkyl halides is 3. The first-order chi connectivity index (χ1) is 18.7. The zero-order chi connectivity index (χ0) is 28.0. The Bertz CT molecular complexity index is 1600. The maximum atomic E-state index is 13.5. The van der Waals surface area contributed by atoms with E-state index in [9.17, 15) is 13.2 Å². The molecule has 10 heteroatoms. The Morgan fingerprint density at radius 2 is 1.46 bits per heavy atom. The summed E-state index contributed by atoms with van der Waals surface area (Å²) in [6.07, 6.45) is 4.41. The molecule has 0 aliphatic carbocycles. The summed E-state index contributed by atoms with van der Waals surface area (Å²) < 4.78 is 47.4. The number of rotatable bonds is 5. The molecule has 5 rings (SSSR count). The Balaban J connectivity index is 0.000000333. The van der Waals surface area contributed by atoms with E-state index in [0.717, 1.165) is 31.7 Å². The van der Waals surface area contributed by atoms with Crippen LogP contribution in [0.2, 0.25) is 0 Å². The van der Waals surface area contributed by atoms with Crippen LogP contribution >= 0.6 is 39.5 Å². The third kappa shape index (κ3) is 7.32. The summed E-state index contributed by atoms with van der Waals surface area (Å²) >= 11 is 6.50. The molecule has 0 fully saturated rings. The van der Waals surface area contributed by atoms with E-state index in [-0.39, 0.29) is 5.52 Å². The summed E-state index contributed by atoms with van der Waals surface area (Å²) in [5.74, 6) is 1.23. The van der Waals surface area contributed by atoms with Gasteiger partial charge in [-0.1, -0.05) is 40.2 Å². The molecular formula is C29H23BrF3N3OS2. The van der Waals surface area contributed by atoms with E-state index < -0.39 is 11.7 Å². The van der Waals surface area contributed by atoms with E-state index in [1.54, 1.807) is 36.3 Å². The number of hydrogen-bond acceptors (Lipinski definition) is 6. The van der Waals surface area contributed by atoms with Crippen LogP contribution in [0, 0.1) is 6.92 Å². The van der Waals surface area contributed by atoms with Crippen LogP contribution < -0.4 is 4.74 Å². The van der Waals surface area contributed by atoms with Gasteiger partial charge in [0, 0.05) is 34.5 Å². The lowest BCUT2D eigenvalue weighted by atomic mass is 9.95. The van der Waals surface area contributed by atoms with Crippen LogP contribution in [0.15, 0.2) is 99.8 Å².